The predicted octanol–water partition coefficient (Wildman–Crippen LogP) is 4.24. The van der Waals surface area contributed by atoms with Crippen LogP contribution in [-0.4, -0.2) is 16.3 Å². The van der Waals surface area contributed by atoms with Crippen LogP contribution in [0.15, 0.2) is 18.2 Å². The first-order chi connectivity index (χ1) is 9.92. The minimum Gasteiger partial charge on any atom is -0.310 e. The molecule has 0 radical (unpaired) electrons. The number of aryl methyl sites for hydroxylation is 3. The second-order valence-corrected chi connectivity index (χ2v) is 6.15. The van der Waals surface area contributed by atoms with Gasteiger partial charge in [-0.25, -0.2) is 0 Å². The van der Waals surface area contributed by atoms with Gasteiger partial charge in [0.1, 0.15) is 5.15 Å². The first kappa shape index (κ1) is 16.3. The van der Waals surface area contributed by atoms with E-state index in [1.807, 2.05) is 26.1 Å². The molecule has 0 saturated heterocycles. The van der Waals surface area contributed by atoms with Crippen molar-refractivity contribution in [3.8, 4) is 0 Å². The highest BCUT2D eigenvalue weighted by atomic mass is 35.5. The van der Waals surface area contributed by atoms with Crippen LogP contribution >= 0.6 is 23.2 Å². The summed E-state index contributed by atoms with van der Waals surface area (Å²) < 4.78 is 1.72. The van der Waals surface area contributed by atoms with Crippen LogP contribution in [0.3, 0.4) is 0 Å². The molecule has 0 saturated carbocycles. The molecule has 0 fully saturated rings. The van der Waals surface area contributed by atoms with Crippen molar-refractivity contribution in [2.45, 2.75) is 33.2 Å². The molecule has 0 bridgehead atoms. The van der Waals surface area contributed by atoms with Gasteiger partial charge in [-0.2, -0.15) is 5.10 Å². The molecule has 0 aliphatic rings. The first-order valence-corrected chi connectivity index (χ1v) is 7.86. The Balaban J connectivity index is 2.35. The second kappa shape index (κ2) is 6.82. The summed E-state index contributed by atoms with van der Waals surface area (Å²) in [5.74, 6) is 0. The molecule has 0 aliphatic heterocycles. The molecule has 1 unspecified atom stereocenters. The molecule has 21 heavy (non-hydrogen) atoms. The van der Waals surface area contributed by atoms with E-state index in [-0.39, 0.29) is 6.04 Å². The highest BCUT2D eigenvalue weighted by molar-refractivity contribution is 6.31. The maximum Gasteiger partial charge on any atom is 0.130 e. The van der Waals surface area contributed by atoms with E-state index in [2.05, 4.69) is 30.3 Å². The molecule has 114 valence electrons. The Kier molecular flexibility index (Phi) is 5.31. The summed E-state index contributed by atoms with van der Waals surface area (Å²) in [5.41, 5.74) is 4.41. The van der Waals surface area contributed by atoms with Gasteiger partial charge in [0.25, 0.3) is 0 Å². The van der Waals surface area contributed by atoms with E-state index < -0.39 is 0 Å². The van der Waals surface area contributed by atoms with Gasteiger partial charge < -0.3 is 5.32 Å². The Morgan fingerprint density at radius 1 is 1.24 bits per heavy atom. The van der Waals surface area contributed by atoms with Crippen molar-refractivity contribution in [2.24, 2.45) is 7.05 Å². The molecule has 2 rings (SSSR count). The molecule has 1 aromatic carbocycles. The van der Waals surface area contributed by atoms with Crippen LogP contribution in [0.25, 0.3) is 0 Å². The lowest BCUT2D eigenvalue weighted by atomic mass is 9.98. The van der Waals surface area contributed by atoms with Crippen LogP contribution in [0.5, 0.6) is 0 Å². The lowest BCUT2D eigenvalue weighted by Gasteiger charge is -2.19. The predicted molar refractivity (Wildman–Crippen MR) is 89.3 cm³/mol. The number of likely N-dealkylation sites (N-methyl/N-ethyl adjacent to an activating group) is 1. The number of halogens is 2. The van der Waals surface area contributed by atoms with Crippen LogP contribution in [0.4, 0.5) is 0 Å². The highest BCUT2D eigenvalue weighted by Crippen LogP contribution is 2.27. The molecule has 0 amide bonds. The normalized spacial score (nSPS) is 12.7. The Morgan fingerprint density at radius 3 is 2.48 bits per heavy atom. The largest absolute Gasteiger partial charge is 0.310 e. The average Bonchev–Trinajstić information content (AvgIpc) is 2.63. The van der Waals surface area contributed by atoms with E-state index in [1.54, 1.807) is 4.68 Å². The molecule has 0 aliphatic carbocycles. The number of nitrogens with zero attached hydrogens (tertiary/aromatic N) is 2. The summed E-state index contributed by atoms with van der Waals surface area (Å²) in [6, 6.07) is 6.32. The SMILES string of the molecule is CCNC(Cc1c(C)nn(C)c1Cl)c1cc(C)cc(Cl)c1. The molecule has 1 heterocycles. The number of hydrogen-bond acceptors (Lipinski definition) is 2. The standard InChI is InChI=1S/C16H21Cl2N3/c1-5-19-15(12-6-10(2)7-13(17)8-12)9-14-11(3)20-21(4)16(14)18/h6-8,15,19H,5,9H2,1-4H3. The third-order valence-corrected chi connectivity index (χ3v) is 4.29. The van der Waals surface area contributed by atoms with E-state index in [4.69, 9.17) is 23.2 Å². The summed E-state index contributed by atoms with van der Waals surface area (Å²) in [6.07, 6.45) is 0.798. The lowest BCUT2D eigenvalue weighted by Crippen LogP contribution is -2.23. The van der Waals surface area contributed by atoms with Crippen molar-refractivity contribution in [1.29, 1.82) is 0 Å². The number of rotatable bonds is 5. The summed E-state index contributed by atoms with van der Waals surface area (Å²) in [6.45, 7) is 7.03. The minimum atomic E-state index is 0.174. The van der Waals surface area contributed by atoms with Gasteiger partial charge in [0.05, 0.1) is 5.69 Å². The molecular weight excluding hydrogens is 305 g/mol. The molecule has 0 spiro atoms. The van der Waals surface area contributed by atoms with Gasteiger partial charge in [0, 0.05) is 23.7 Å². The first-order valence-electron chi connectivity index (χ1n) is 7.10. The van der Waals surface area contributed by atoms with Gasteiger partial charge in [-0.3, -0.25) is 4.68 Å². The fourth-order valence-electron chi connectivity index (χ4n) is 2.63. The van der Waals surface area contributed by atoms with E-state index >= 15 is 0 Å². The van der Waals surface area contributed by atoms with Crippen LogP contribution in [0.1, 0.15) is 35.3 Å². The van der Waals surface area contributed by atoms with E-state index in [0.717, 1.165) is 34.8 Å². The summed E-state index contributed by atoms with van der Waals surface area (Å²) in [7, 11) is 1.87. The Bertz CT molecular complexity index is 614. The molecule has 1 N–H and O–H groups in total. The summed E-state index contributed by atoms with van der Waals surface area (Å²) in [5, 5.41) is 9.36. The topological polar surface area (TPSA) is 29.9 Å². The van der Waals surface area contributed by atoms with Gasteiger partial charge in [0.15, 0.2) is 0 Å². The average molecular weight is 326 g/mol. The van der Waals surface area contributed by atoms with Crippen molar-refractivity contribution < 1.29 is 0 Å². The Hall–Kier alpha value is -1.03. The number of aromatic nitrogens is 2. The van der Waals surface area contributed by atoms with E-state index in [1.165, 1.54) is 5.56 Å². The minimum absolute atomic E-state index is 0.174. The van der Waals surface area contributed by atoms with Crippen molar-refractivity contribution in [1.82, 2.24) is 15.1 Å². The molecule has 1 atom stereocenters. The molecule has 5 heteroatoms. The quantitative estimate of drug-likeness (QED) is 0.891. The summed E-state index contributed by atoms with van der Waals surface area (Å²) >= 11 is 12.5. The molecular formula is C16H21Cl2N3. The van der Waals surface area contributed by atoms with Crippen LogP contribution in [-0.2, 0) is 13.5 Å². The maximum absolute atomic E-state index is 6.35. The smallest absolute Gasteiger partial charge is 0.130 e. The van der Waals surface area contributed by atoms with Crippen molar-refractivity contribution >= 4 is 23.2 Å². The van der Waals surface area contributed by atoms with Gasteiger partial charge in [-0.15, -0.1) is 0 Å². The van der Waals surface area contributed by atoms with Gasteiger partial charge >= 0.3 is 0 Å². The van der Waals surface area contributed by atoms with Gasteiger partial charge in [0.2, 0.25) is 0 Å². The van der Waals surface area contributed by atoms with Crippen LogP contribution < -0.4 is 5.32 Å². The van der Waals surface area contributed by atoms with Crippen molar-refractivity contribution in [3.63, 3.8) is 0 Å². The summed E-state index contributed by atoms with van der Waals surface area (Å²) in [4.78, 5) is 0. The highest BCUT2D eigenvalue weighted by Gasteiger charge is 2.18. The second-order valence-electron chi connectivity index (χ2n) is 5.35. The monoisotopic (exact) mass is 325 g/mol. The number of hydrogen-bond donors (Lipinski definition) is 1. The number of benzene rings is 1. The zero-order chi connectivity index (χ0) is 15.6. The molecule has 2 aromatic rings. The zero-order valence-electron chi connectivity index (χ0n) is 12.9. The van der Waals surface area contributed by atoms with Gasteiger partial charge in [-0.1, -0.05) is 36.2 Å². The third-order valence-electron chi connectivity index (χ3n) is 3.60. The Labute approximate surface area is 136 Å². The van der Waals surface area contributed by atoms with E-state index in [0.29, 0.717) is 5.15 Å². The number of nitrogens with one attached hydrogen (secondary N) is 1. The maximum atomic E-state index is 6.35. The van der Waals surface area contributed by atoms with Gasteiger partial charge in [-0.05, 0) is 50.1 Å². The van der Waals surface area contributed by atoms with E-state index in [9.17, 15) is 0 Å². The fraction of sp³-hybridized carbons (Fsp3) is 0.438. The Morgan fingerprint density at radius 2 is 1.95 bits per heavy atom. The lowest BCUT2D eigenvalue weighted by molar-refractivity contribution is 0.548. The van der Waals surface area contributed by atoms with Crippen molar-refractivity contribution in [3.05, 3.63) is 50.8 Å². The van der Waals surface area contributed by atoms with Crippen molar-refractivity contribution in [2.75, 3.05) is 6.54 Å². The third kappa shape index (κ3) is 3.79. The van der Waals surface area contributed by atoms with Crippen LogP contribution in [0.2, 0.25) is 10.2 Å². The zero-order valence-corrected chi connectivity index (χ0v) is 14.4. The molecule has 1 aromatic heterocycles. The fourth-order valence-corrected chi connectivity index (χ4v) is 3.18. The molecule has 3 nitrogen and oxygen atoms in total. The van der Waals surface area contributed by atoms with Crippen LogP contribution in [0, 0.1) is 13.8 Å².